The Hall–Kier alpha value is -3.41. The molecule has 144 valence electrons. The zero-order chi connectivity index (χ0) is 20.1. The first kappa shape index (κ1) is 19.4. The third-order valence-corrected chi connectivity index (χ3v) is 4.33. The van der Waals surface area contributed by atoms with Crippen LogP contribution in [0.2, 0.25) is 0 Å². The number of hydrogen-bond acceptors (Lipinski definition) is 5. The summed E-state index contributed by atoms with van der Waals surface area (Å²) in [7, 11) is 3.41. The molecule has 0 aliphatic carbocycles. The van der Waals surface area contributed by atoms with E-state index in [2.05, 4.69) is 10.3 Å². The lowest BCUT2D eigenvalue weighted by Gasteiger charge is -2.16. The molecule has 1 amide bonds. The zero-order valence-electron chi connectivity index (χ0n) is 16.2. The molecular formula is C22H23N3O3. The fourth-order valence-corrected chi connectivity index (χ4v) is 2.92. The molecule has 1 aromatic heterocycles. The van der Waals surface area contributed by atoms with E-state index >= 15 is 0 Å². The predicted octanol–water partition coefficient (Wildman–Crippen LogP) is 3.73. The second-order valence-electron chi connectivity index (χ2n) is 6.54. The first-order valence-corrected chi connectivity index (χ1v) is 9.10. The minimum absolute atomic E-state index is 0.113. The Morgan fingerprint density at radius 3 is 2.54 bits per heavy atom. The lowest BCUT2D eigenvalue weighted by Crippen LogP contribution is -2.21. The van der Waals surface area contributed by atoms with Crippen LogP contribution >= 0.6 is 0 Å². The van der Waals surface area contributed by atoms with E-state index in [0.29, 0.717) is 34.3 Å². The lowest BCUT2D eigenvalue weighted by atomic mass is 10.0. The fraction of sp³-hybridized carbons (Fsp3) is 0.227. The molecule has 0 atom stereocenters. The van der Waals surface area contributed by atoms with E-state index in [9.17, 15) is 9.59 Å². The molecular weight excluding hydrogens is 354 g/mol. The molecule has 0 aliphatic heterocycles. The molecule has 0 saturated carbocycles. The number of esters is 1. The highest BCUT2D eigenvalue weighted by atomic mass is 16.5. The number of amides is 1. The molecule has 6 heteroatoms. The van der Waals surface area contributed by atoms with Crippen LogP contribution in [0.4, 0.5) is 5.69 Å². The molecule has 2 aromatic carbocycles. The van der Waals surface area contributed by atoms with Crippen molar-refractivity contribution in [3.05, 3.63) is 71.4 Å². The van der Waals surface area contributed by atoms with Crippen LogP contribution in [-0.4, -0.2) is 42.5 Å². The first-order chi connectivity index (χ1) is 13.5. The maximum atomic E-state index is 12.5. The highest BCUT2D eigenvalue weighted by molar-refractivity contribution is 6.07. The van der Waals surface area contributed by atoms with E-state index in [1.807, 2.05) is 30.3 Å². The van der Waals surface area contributed by atoms with Crippen molar-refractivity contribution in [1.82, 2.24) is 9.88 Å². The summed E-state index contributed by atoms with van der Waals surface area (Å²) in [6, 6.07) is 15.2. The number of hydrogen-bond donors (Lipinski definition) is 1. The van der Waals surface area contributed by atoms with Gasteiger partial charge in [-0.1, -0.05) is 30.3 Å². The normalized spacial score (nSPS) is 10.5. The Labute approximate surface area is 164 Å². The van der Waals surface area contributed by atoms with Crippen molar-refractivity contribution in [2.75, 3.05) is 26.0 Å². The Balaban J connectivity index is 2.09. The van der Waals surface area contributed by atoms with E-state index in [4.69, 9.17) is 4.74 Å². The summed E-state index contributed by atoms with van der Waals surface area (Å²) in [5, 5.41) is 4.04. The molecule has 1 heterocycles. The summed E-state index contributed by atoms with van der Waals surface area (Å²) in [6.07, 6.45) is 1.51. The predicted molar refractivity (Wildman–Crippen MR) is 109 cm³/mol. The second kappa shape index (κ2) is 8.52. The molecule has 0 aliphatic rings. The number of pyridine rings is 1. The van der Waals surface area contributed by atoms with Gasteiger partial charge in [-0.05, 0) is 30.7 Å². The van der Waals surface area contributed by atoms with Crippen LogP contribution in [0.25, 0.3) is 10.9 Å². The molecule has 0 unspecified atom stereocenters. The summed E-state index contributed by atoms with van der Waals surface area (Å²) >= 11 is 0. The van der Waals surface area contributed by atoms with E-state index in [1.54, 1.807) is 39.2 Å². The standard InChI is InChI=1S/C22H23N3O3/c1-4-28-22(27)18-14-23-19-11-10-16(21(26)25(2)3)12-17(19)20(18)24-13-15-8-6-5-7-9-15/h5-12,14H,4,13H2,1-3H3,(H,23,24). The molecule has 3 rings (SSSR count). The maximum absolute atomic E-state index is 12.5. The highest BCUT2D eigenvalue weighted by Crippen LogP contribution is 2.28. The molecule has 6 nitrogen and oxygen atoms in total. The number of nitrogens with zero attached hydrogens (tertiary/aromatic N) is 2. The monoisotopic (exact) mass is 377 g/mol. The summed E-state index contributed by atoms with van der Waals surface area (Å²) in [5.74, 6) is -0.561. The maximum Gasteiger partial charge on any atom is 0.341 e. The minimum atomic E-state index is -0.447. The summed E-state index contributed by atoms with van der Waals surface area (Å²) in [6.45, 7) is 2.56. The molecule has 28 heavy (non-hydrogen) atoms. The van der Waals surface area contributed by atoms with Crippen LogP contribution in [0, 0.1) is 0 Å². The largest absolute Gasteiger partial charge is 0.462 e. The van der Waals surface area contributed by atoms with Gasteiger partial charge in [0.15, 0.2) is 0 Å². The quantitative estimate of drug-likeness (QED) is 0.663. The molecule has 3 aromatic rings. The van der Waals surface area contributed by atoms with Crippen molar-refractivity contribution in [3.63, 3.8) is 0 Å². The van der Waals surface area contributed by atoms with Gasteiger partial charge in [0.25, 0.3) is 5.91 Å². The summed E-state index contributed by atoms with van der Waals surface area (Å²) in [4.78, 5) is 30.8. The minimum Gasteiger partial charge on any atom is -0.462 e. The van der Waals surface area contributed by atoms with Crippen molar-refractivity contribution < 1.29 is 14.3 Å². The third kappa shape index (κ3) is 4.11. The lowest BCUT2D eigenvalue weighted by molar-refractivity contribution is 0.0527. The Kier molecular flexibility index (Phi) is 5.89. The number of ether oxygens (including phenoxy) is 1. The molecule has 0 bridgehead atoms. The van der Waals surface area contributed by atoms with Gasteiger partial charge < -0.3 is 15.0 Å². The number of carbonyl (C=O) groups excluding carboxylic acids is 2. The van der Waals surface area contributed by atoms with Crippen LogP contribution in [0.15, 0.2) is 54.7 Å². The van der Waals surface area contributed by atoms with Crippen molar-refractivity contribution >= 4 is 28.5 Å². The van der Waals surface area contributed by atoms with Gasteiger partial charge in [-0.2, -0.15) is 0 Å². The van der Waals surface area contributed by atoms with Crippen LogP contribution in [0.1, 0.15) is 33.2 Å². The molecule has 1 N–H and O–H groups in total. The number of fused-ring (bicyclic) bond motifs is 1. The fourth-order valence-electron chi connectivity index (χ4n) is 2.92. The van der Waals surface area contributed by atoms with Gasteiger partial charge >= 0.3 is 5.97 Å². The Morgan fingerprint density at radius 1 is 1.11 bits per heavy atom. The summed E-state index contributed by atoms with van der Waals surface area (Å²) < 4.78 is 5.19. The van der Waals surface area contributed by atoms with E-state index in [0.717, 1.165) is 5.56 Å². The van der Waals surface area contributed by atoms with Crippen LogP contribution in [0.3, 0.4) is 0 Å². The third-order valence-electron chi connectivity index (χ3n) is 4.33. The van der Waals surface area contributed by atoms with Gasteiger partial charge in [0.1, 0.15) is 5.56 Å². The number of carbonyl (C=O) groups is 2. The topological polar surface area (TPSA) is 71.5 Å². The van der Waals surface area contributed by atoms with Gasteiger partial charge in [-0.25, -0.2) is 4.79 Å². The Bertz CT molecular complexity index is 1000. The SMILES string of the molecule is CCOC(=O)c1cnc2ccc(C(=O)N(C)C)cc2c1NCc1ccccc1. The number of rotatable bonds is 6. The number of benzene rings is 2. The summed E-state index contributed by atoms with van der Waals surface area (Å²) in [5.41, 5.74) is 3.25. The number of anilines is 1. The van der Waals surface area contributed by atoms with Crippen molar-refractivity contribution in [2.45, 2.75) is 13.5 Å². The molecule has 0 saturated heterocycles. The van der Waals surface area contributed by atoms with Crippen molar-refractivity contribution in [1.29, 1.82) is 0 Å². The van der Waals surface area contributed by atoms with Crippen LogP contribution in [0.5, 0.6) is 0 Å². The van der Waals surface area contributed by atoms with E-state index in [1.165, 1.54) is 11.1 Å². The molecule has 0 spiro atoms. The second-order valence-corrected chi connectivity index (χ2v) is 6.54. The highest BCUT2D eigenvalue weighted by Gasteiger charge is 2.18. The van der Waals surface area contributed by atoms with Gasteiger partial charge in [0, 0.05) is 37.8 Å². The van der Waals surface area contributed by atoms with Crippen LogP contribution < -0.4 is 5.32 Å². The van der Waals surface area contributed by atoms with Crippen molar-refractivity contribution in [3.8, 4) is 0 Å². The van der Waals surface area contributed by atoms with Crippen LogP contribution in [-0.2, 0) is 11.3 Å². The average Bonchev–Trinajstić information content (AvgIpc) is 2.71. The Morgan fingerprint density at radius 2 is 1.86 bits per heavy atom. The zero-order valence-corrected chi connectivity index (χ0v) is 16.2. The van der Waals surface area contributed by atoms with Gasteiger partial charge in [-0.15, -0.1) is 0 Å². The number of nitrogens with one attached hydrogen (secondary N) is 1. The van der Waals surface area contributed by atoms with E-state index < -0.39 is 5.97 Å². The van der Waals surface area contributed by atoms with Gasteiger partial charge in [0.2, 0.25) is 0 Å². The molecule has 0 fully saturated rings. The van der Waals surface area contributed by atoms with Gasteiger partial charge in [-0.3, -0.25) is 9.78 Å². The first-order valence-electron chi connectivity index (χ1n) is 9.10. The van der Waals surface area contributed by atoms with E-state index in [-0.39, 0.29) is 12.5 Å². The average molecular weight is 377 g/mol. The molecule has 0 radical (unpaired) electrons. The smallest absolute Gasteiger partial charge is 0.341 e. The number of aromatic nitrogens is 1. The van der Waals surface area contributed by atoms with Crippen molar-refractivity contribution in [2.24, 2.45) is 0 Å². The van der Waals surface area contributed by atoms with Gasteiger partial charge in [0.05, 0.1) is 17.8 Å².